The van der Waals surface area contributed by atoms with E-state index in [2.05, 4.69) is 50.4 Å². The third-order valence-corrected chi connectivity index (χ3v) is 4.22. The maximum Gasteiger partial charge on any atom is 0.224 e. The summed E-state index contributed by atoms with van der Waals surface area (Å²) < 4.78 is 0. The number of rotatable bonds is 6. The highest BCUT2D eigenvalue weighted by Gasteiger charge is 2.21. The van der Waals surface area contributed by atoms with Crippen molar-refractivity contribution in [3.8, 4) is 0 Å². The molecule has 0 spiro atoms. The summed E-state index contributed by atoms with van der Waals surface area (Å²) in [6.45, 7) is 7.07. The van der Waals surface area contributed by atoms with Crippen LogP contribution in [0.25, 0.3) is 0 Å². The molecule has 0 aromatic heterocycles. The van der Waals surface area contributed by atoms with Crippen LogP contribution in [0.3, 0.4) is 0 Å². The minimum absolute atomic E-state index is 0.0352. The van der Waals surface area contributed by atoms with Gasteiger partial charge in [-0.1, -0.05) is 57.2 Å². The average Bonchev–Trinajstić information content (AvgIpc) is 2.55. The van der Waals surface area contributed by atoms with E-state index in [1.54, 1.807) is 0 Å². The predicted octanol–water partition coefficient (Wildman–Crippen LogP) is 3.47. The first-order chi connectivity index (χ1) is 10.9. The van der Waals surface area contributed by atoms with Crippen molar-refractivity contribution >= 4 is 11.6 Å². The van der Waals surface area contributed by atoms with Crippen LogP contribution in [-0.2, 0) is 23.1 Å². The van der Waals surface area contributed by atoms with Crippen molar-refractivity contribution in [3.05, 3.63) is 65.2 Å². The Balaban J connectivity index is 1.92. The van der Waals surface area contributed by atoms with Gasteiger partial charge in [0, 0.05) is 17.6 Å². The first-order valence-electron chi connectivity index (χ1n) is 8.11. The first-order valence-corrected chi connectivity index (χ1v) is 8.11. The highest BCUT2D eigenvalue weighted by atomic mass is 16.1. The number of hydrogen-bond acceptors (Lipinski definition) is 2. The second-order valence-corrected chi connectivity index (χ2v) is 6.63. The smallest absolute Gasteiger partial charge is 0.224 e. The number of benzene rings is 2. The van der Waals surface area contributed by atoms with Gasteiger partial charge < -0.3 is 11.1 Å². The van der Waals surface area contributed by atoms with Crippen LogP contribution in [0.15, 0.2) is 48.5 Å². The van der Waals surface area contributed by atoms with E-state index < -0.39 is 0 Å². The molecule has 0 unspecified atom stereocenters. The maximum atomic E-state index is 12.1. The SMILES string of the molecule is CCc1ccc(C(C)(C)CNC(=O)Cc2ccc(N)cc2)cc1. The quantitative estimate of drug-likeness (QED) is 0.803. The zero-order valence-corrected chi connectivity index (χ0v) is 14.2. The second-order valence-electron chi connectivity index (χ2n) is 6.63. The molecule has 0 aliphatic rings. The summed E-state index contributed by atoms with van der Waals surface area (Å²) in [5.74, 6) is 0.0352. The number of aryl methyl sites for hydroxylation is 1. The molecule has 3 heteroatoms. The van der Waals surface area contributed by atoms with Gasteiger partial charge in [-0.3, -0.25) is 4.79 Å². The molecular weight excluding hydrogens is 284 g/mol. The molecule has 1 amide bonds. The van der Waals surface area contributed by atoms with Crippen LogP contribution in [-0.4, -0.2) is 12.5 Å². The number of carbonyl (C=O) groups is 1. The fourth-order valence-electron chi connectivity index (χ4n) is 2.50. The van der Waals surface area contributed by atoms with Crippen LogP contribution in [0, 0.1) is 0 Å². The van der Waals surface area contributed by atoms with E-state index >= 15 is 0 Å². The summed E-state index contributed by atoms with van der Waals surface area (Å²) in [5.41, 5.74) is 9.82. The number of carbonyl (C=O) groups excluding carboxylic acids is 1. The van der Waals surface area contributed by atoms with Crippen LogP contribution >= 0.6 is 0 Å². The maximum absolute atomic E-state index is 12.1. The molecule has 2 rings (SSSR count). The number of nitrogens with two attached hydrogens (primary N) is 1. The molecule has 2 aromatic rings. The average molecular weight is 310 g/mol. The zero-order valence-electron chi connectivity index (χ0n) is 14.2. The Labute approximate surface area is 138 Å². The number of amides is 1. The topological polar surface area (TPSA) is 55.1 Å². The van der Waals surface area contributed by atoms with Crippen molar-refractivity contribution < 1.29 is 4.79 Å². The molecule has 0 saturated carbocycles. The normalized spacial score (nSPS) is 11.3. The summed E-state index contributed by atoms with van der Waals surface area (Å²) in [6.07, 6.45) is 1.42. The van der Waals surface area contributed by atoms with Gasteiger partial charge in [-0.15, -0.1) is 0 Å². The summed E-state index contributed by atoms with van der Waals surface area (Å²) in [5, 5.41) is 3.04. The lowest BCUT2D eigenvalue weighted by molar-refractivity contribution is -0.120. The molecular formula is C20H26N2O. The van der Waals surface area contributed by atoms with Gasteiger partial charge in [0.05, 0.1) is 6.42 Å². The fraction of sp³-hybridized carbons (Fsp3) is 0.350. The van der Waals surface area contributed by atoms with Gasteiger partial charge in [0.15, 0.2) is 0 Å². The standard InChI is InChI=1S/C20H26N2O/c1-4-15-5-9-17(10-6-15)20(2,3)14-22-19(23)13-16-7-11-18(21)12-8-16/h5-12H,4,13-14,21H2,1-3H3,(H,22,23). The molecule has 2 aromatic carbocycles. The van der Waals surface area contributed by atoms with Gasteiger partial charge in [-0.05, 0) is 35.2 Å². The molecule has 122 valence electrons. The third-order valence-electron chi connectivity index (χ3n) is 4.22. The van der Waals surface area contributed by atoms with Crippen molar-refractivity contribution in [2.24, 2.45) is 0 Å². The van der Waals surface area contributed by atoms with Crippen LogP contribution in [0.1, 0.15) is 37.5 Å². The van der Waals surface area contributed by atoms with E-state index in [1.807, 2.05) is 24.3 Å². The Kier molecular flexibility index (Phi) is 5.43. The summed E-state index contributed by atoms with van der Waals surface area (Å²) in [4.78, 5) is 12.1. The lowest BCUT2D eigenvalue weighted by Crippen LogP contribution is -2.37. The Morgan fingerprint density at radius 3 is 2.13 bits per heavy atom. The Morgan fingerprint density at radius 2 is 1.57 bits per heavy atom. The van der Waals surface area contributed by atoms with Crippen molar-refractivity contribution in [3.63, 3.8) is 0 Å². The molecule has 0 radical (unpaired) electrons. The highest BCUT2D eigenvalue weighted by Crippen LogP contribution is 2.22. The minimum Gasteiger partial charge on any atom is -0.399 e. The molecule has 0 fully saturated rings. The minimum atomic E-state index is -0.0942. The Hall–Kier alpha value is -2.29. The van der Waals surface area contributed by atoms with Gasteiger partial charge in [0.1, 0.15) is 0 Å². The molecule has 3 nitrogen and oxygen atoms in total. The summed E-state index contributed by atoms with van der Waals surface area (Å²) in [7, 11) is 0. The molecule has 0 bridgehead atoms. The van der Waals surface area contributed by atoms with Gasteiger partial charge in [0.25, 0.3) is 0 Å². The largest absolute Gasteiger partial charge is 0.399 e. The molecule has 0 saturated heterocycles. The Morgan fingerprint density at radius 1 is 1.00 bits per heavy atom. The van der Waals surface area contributed by atoms with E-state index in [-0.39, 0.29) is 11.3 Å². The van der Waals surface area contributed by atoms with E-state index in [1.165, 1.54) is 11.1 Å². The summed E-state index contributed by atoms with van der Waals surface area (Å²) in [6, 6.07) is 16.1. The molecule has 23 heavy (non-hydrogen) atoms. The number of nitrogens with one attached hydrogen (secondary N) is 1. The summed E-state index contributed by atoms with van der Waals surface area (Å²) >= 11 is 0. The van der Waals surface area contributed by atoms with Crippen LogP contribution in [0.4, 0.5) is 5.69 Å². The van der Waals surface area contributed by atoms with Crippen LogP contribution < -0.4 is 11.1 Å². The molecule has 0 aliphatic heterocycles. The van der Waals surface area contributed by atoms with E-state index in [4.69, 9.17) is 5.73 Å². The number of hydrogen-bond donors (Lipinski definition) is 2. The lowest BCUT2D eigenvalue weighted by atomic mass is 9.84. The van der Waals surface area contributed by atoms with E-state index in [0.29, 0.717) is 18.7 Å². The van der Waals surface area contributed by atoms with Gasteiger partial charge in [0.2, 0.25) is 5.91 Å². The molecule has 3 N–H and O–H groups in total. The molecule has 0 aliphatic carbocycles. The third kappa shape index (κ3) is 4.85. The van der Waals surface area contributed by atoms with Crippen LogP contribution in [0.5, 0.6) is 0 Å². The highest BCUT2D eigenvalue weighted by molar-refractivity contribution is 5.78. The zero-order chi connectivity index (χ0) is 16.9. The van der Waals surface area contributed by atoms with Gasteiger partial charge in [-0.2, -0.15) is 0 Å². The first kappa shape index (κ1) is 17.1. The fourth-order valence-corrected chi connectivity index (χ4v) is 2.50. The van der Waals surface area contributed by atoms with Crippen molar-refractivity contribution in [1.29, 1.82) is 0 Å². The van der Waals surface area contributed by atoms with Crippen molar-refractivity contribution in [2.75, 3.05) is 12.3 Å². The van der Waals surface area contributed by atoms with Gasteiger partial charge in [-0.25, -0.2) is 0 Å². The van der Waals surface area contributed by atoms with Crippen molar-refractivity contribution in [1.82, 2.24) is 5.32 Å². The van der Waals surface area contributed by atoms with E-state index in [0.717, 1.165) is 12.0 Å². The van der Waals surface area contributed by atoms with Crippen LogP contribution in [0.2, 0.25) is 0 Å². The van der Waals surface area contributed by atoms with Gasteiger partial charge >= 0.3 is 0 Å². The number of anilines is 1. The predicted molar refractivity (Wildman–Crippen MR) is 96.4 cm³/mol. The Bertz CT molecular complexity index is 642. The number of nitrogen functional groups attached to an aromatic ring is 1. The monoisotopic (exact) mass is 310 g/mol. The lowest BCUT2D eigenvalue weighted by Gasteiger charge is -2.26. The van der Waals surface area contributed by atoms with Crippen molar-refractivity contribution in [2.45, 2.75) is 39.0 Å². The van der Waals surface area contributed by atoms with E-state index in [9.17, 15) is 4.79 Å². The second kappa shape index (κ2) is 7.32. The molecule has 0 atom stereocenters. The molecule has 0 heterocycles.